The van der Waals surface area contributed by atoms with Crippen molar-refractivity contribution in [1.29, 1.82) is 0 Å². The summed E-state index contributed by atoms with van der Waals surface area (Å²) in [7, 11) is 1.60. The molecule has 0 aliphatic heterocycles. The highest BCUT2D eigenvalue weighted by molar-refractivity contribution is 6.02. The molecular weight excluding hydrogens is 352 g/mol. The number of methoxy groups -OCH3 is 1. The maximum atomic E-state index is 12.2. The van der Waals surface area contributed by atoms with E-state index >= 15 is 0 Å². The van der Waals surface area contributed by atoms with E-state index in [-0.39, 0.29) is 18.9 Å². The monoisotopic (exact) mass is 372 g/mol. The van der Waals surface area contributed by atoms with Gasteiger partial charge in [-0.2, -0.15) is 5.10 Å². The molecule has 0 aromatic heterocycles. The first-order valence-electron chi connectivity index (χ1n) is 8.74. The van der Waals surface area contributed by atoms with Crippen LogP contribution in [-0.2, 0) is 11.2 Å². The highest BCUT2D eigenvalue weighted by atomic mass is 16.5. The molecule has 0 saturated heterocycles. The van der Waals surface area contributed by atoms with Gasteiger partial charge in [0.25, 0.3) is 0 Å². The van der Waals surface area contributed by atoms with E-state index in [0.717, 1.165) is 27.6 Å². The van der Waals surface area contributed by atoms with Gasteiger partial charge >= 0.3 is 0 Å². The van der Waals surface area contributed by atoms with Crippen LogP contribution in [0.1, 0.15) is 11.1 Å². The zero-order chi connectivity index (χ0) is 19.8. The first kappa shape index (κ1) is 19.0. The molecule has 140 valence electrons. The lowest BCUT2D eigenvalue weighted by Gasteiger charge is -2.10. The highest BCUT2D eigenvalue weighted by Crippen LogP contribution is 2.26. The Labute approximate surface area is 164 Å². The Bertz CT molecular complexity index is 1030. The van der Waals surface area contributed by atoms with Crippen LogP contribution in [0.15, 0.2) is 65.8 Å². The lowest BCUT2D eigenvalue weighted by molar-refractivity contribution is -0.120. The Morgan fingerprint density at radius 1 is 1.14 bits per heavy atom. The molecule has 0 heterocycles. The minimum atomic E-state index is -0.215. The van der Waals surface area contributed by atoms with Gasteiger partial charge in [-0.1, -0.05) is 48.4 Å². The molecule has 3 aromatic rings. The van der Waals surface area contributed by atoms with Crippen molar-refractivity contribution in [3.63, 3.8) is 0 Å². The number of amides is 1. The maximum absolute atomic E-state index is 12.2. The van der Waals surface area contributed by atoms with Crippen LogP contribution in [0.2, 0.25) is 0 Å². The molecule has 1 amide bonds. The van der Waals surface area contributed by atoms with E-state index in [2.05, 4.69) is 16.4 Å². The molecule has 5 heteroatoms. The first-order valence-corrected chi connectivity index (χ1v) is 8.74. The number of rotatable bonds is 7. The normalized spacial score (nSPS) is 10.6. The van der Waals surface area contributed by atoms with Gasteiger partial charge in [0.2, 0.25) is 5.91 Å². The predicted octanol–water partition coefficient (Wildman–Crippen LogP) is 3.55. The predicted molar refractivity (Wildman–Crippen MR) is 111 cm³/mol. The third kappa shape index (κ3) is 4.68. The zero-order valence-corrected chi connectivity index (χ0v) is 15.5. The number of hydrazone groups is 1. The summed E-state index contributed by atoms with van der Waals surface area (Å²) in [6.07, 6.45) is 7.10. The number of ether oxygens (including phenoxy) is 2. The van der Waals surface area contributed by atoms with Crippen LogP contribution in [0.4, 0.5) is 0 Å². The van der Waals surface area contributed by atoms with Crippen LogP contribution in [-0.4, -0.2) is 25.8 Å². The fraction of sp³-hybridized carbons (Fsp3) is 0.130. The van der Waals surface area contributed by atoms with Crippen LogP contribution in [0, 0.1) is 12.3 Å². The number of hydrogen-bond donors (Lipinski definition) is 1. The van der Waals surface area contributed by atoms with Crippen molar-refractivity contribution in [3.8, 4) is 23.8 Å². The molecule has 3 aromatic carbocycles. The van der Waals surface area contributed by atoms with Gasteiger partial charge in [-0.25, -0.2) is 5.43 Å². The largest absolute Gasteiger partial charge is 0.497 e. The van der Waals surface area contributed by atoms with E-state index in [4.69, 9.17) is 15.9 Å². The van der Waals surface area contributed by atoms with Crippen molar-refractivity contribution in [3.05, 3.63) is 71.8 Å². The van der Waals surface area contributed by atoms with Crippen LogP contribution in [0.25, 0.3) is 10.8 Å². The summed E-state index contributed by atoms with van der Waals surface area (Å²) in [5.74, 6) is 3.60. The molecule has 5 nitrogen and oxygen atoms in total. The molecule has 0 aliphatic rings. The van der Waals surface area contributed by atoms with Gasteiger partial charge in [-0.05, 0) is 34.5 Å². The van der Waals surface area contributed by atoms with Gasteiger partial charge in [0.15, 0.2) is 0 Å². The second kappa shape index (κ2) is 9.24. The third-order valence-corrected chi connectivity index (χ3v) is 4.15. The van der Waals surface area contributed by atoms with E-state index in [0.29, 0.717) is 5.75 Å². The Kier molecular flexibility index (Phi) is 6.27. The van der Waals surface area contributed by atoms with Crippen LogP contribution < -0.4 is 14.9 Å². The fourth-order valence-corrected chi connectivity index (χ4v) is 2.79. The molecular formula is C23H20N2O3. The number of carbonyl (C=O) groups excluding carboxylic acids is 1. The summed E-state index contributed by atoms with van der Waals surface area (Å²) in [6.45, 7) is 0.156. The maximum Gasteiger partial charge on any atom is 0.244 e. The quantitative estimate of drug-likeness (QED) is 0.392. The number of nitrogens with one attached hydrogen (secondary N) is 1. The fourth-order valence-electron chi connectivity index (χ4n) is 2.79. The molecule has 0 bridgehead atoms. The lowest BCUT2D eigenvalue weighted by atomic mass is 10.0. The Hall–Kier alpha value is -3.78. The number of nitrogens with zero attached hydrogens (tertiary/aromatic N) is 1. The minimum absolute atomic E-state index is 0.156. The first-order chi connectivity index (χ1) is 13.7. The van der Waals surface area contributed by atoms with E-state index in [1.54, 1.807) is 13.3 Å². The molecule has 0 spiro atoms. The number of terminal acetylenes is 1. The van der Waals surface area contributed by atoms with Gasteiger partial charge in [-0.3, -0.25) is 4.79 Å². The van der Waals surface area contributed by atoms with Crippen molar-refractivity contribution in [1.82, 2.24) is 5.43 Å². The third-order valence-electron chi connectivity index (χ3n) is 4.15. The molecule has 0 radical (unpaired) electrons. The van der Waals surface area contributed by atoms with E-state index in [1.165, 1.54) is 0 Å². The van der Waals surface area contributed by atoms with Gasteiger partial charge in [0.1, 0.15) is 18.1 Å². The topological polar surface area (TPSA) is 59.9 Å². The molecule has 3 rings (SSSR count). The molecule has 0 saturated carbocycles. The number of hydrogen-bond acceptors (Lipinski definition) is 4. The number of fused-ring (bicyclic) bond motifs is 1. The minimum Gasteiger partial charge on any atom is -0.497 e. The second-order valence-corrected chi connectivity index (χ2v) is 6.01. The summed E-state index contributed by atoms with van der Waals surface area (Å²) in [6, 6.07) is 19.0. The average molecular weight is 372 g/mol. The van der Waals surface area contributed by atoms with Crippen molar-refractivity contribution in [2.24, 2.45) is 5.10 Å². The molecule has 0 atom stereocenters. The number of benzene rings is 3. The summed E-state index contributed by atoms with van der Waals surface area (Å²) in [5.41, 5.74) is 4.19. The van der Waals surface area contributed by atoms with Gasteiger partial charge in [-0.15, -0.1) is 6.42 Å². The molecule has 0 fully saturated rings. The van der Waals surface area contributed by atoms with Gasteiger partial charge < -0.3 is 9.47 Å². The van der Waals surface area contributed by atoms with Gasteiger partial charge in [0.05, 0.1) is 19.7 Å². The smallest absolute Gasteiger partial charge is 0.244 e. The summed E-state index contributed by atoms with van der Waals surface area (Å²) >= 11 is 0. The molecule has 0 aliphatic carbocycles. The van der Waals surface area contributed by atoms with Crippen LogP contribution in [0.3, 0.4) is 0 Å². The van der Waals surface area contributed by atoms with Crippen molar-refractivity contribution < 1.29 is 14.3 Å². The lowest BCUT2D eigenvalue weighted by Crippen LogP contribution is -2.19. The second-order valence-electron chi connectivity index (χ2n) is 6.01. The SMILES string of the molecule is C#CCOc1ccc2ccccc2c1/C=N\NC(=O)Cc1ccc(OC)cc1. The summed E-state index contributed by atoms with van der Waals surface area (Å²) in [4.78, 5) is 12.2. The van der Waals surface area contributed by atoms with E-state index in [9.17, 15) is 4.79 Å². The summed E-state index contributed by atoms with van der Waals surface area (Å²) in [5, 5.41) is 6.12. The van der Waals surface area contributed by atoms with E-state index in [1.807, 2.05) is 60.7 Å². The standard InChI is InChI=1S/C23H20N2O3/c1-3-14-28-22-13-10-18-6-4-5-7-20(18)21(22)16-24-25-23(26)15-17-8-11-19(27-2)12-9-17/h1,4-13,16H,14-15H2,2H3,(H,25,26)/b24-16-. The Morgan fingerprint density at radius 2 is 1.93 bits per heavy atom. The molecule has 1 N–H and O–H groups in total. The van der Waals surface area contributed by atoms with Crippen molar-refractivity contribution >= 4 is 22.9 Å². The van der Waals surface area contributed by atoms with Crippen molar-refractivity contribution in [2.45, 2.75) is 6.42 Å². The number of carbonyl (C=O) groups is 1. The van der Waals surface area contributed by atoms with E-state index < -0.39 is 0 Å². The molecule has 0 unspecified atom stereocenters. The summed E-state index contributed by atoms with van der Waals surface area (Å²) < 4.78 is 10.7. The highest BCUT2D eigenvalue weighted by Gasteiger charge is 2.07. The molecule has 28 heavy (non-hydrogen) atoms. The average Bonchev–Trinajstić information content (AvgIpc) is 2.73. The zero-order valence-electron chi connectivity index (χ0n) is 15.5. The Balaban J connectivity index is 1.74. The Morgan fingerprint density at radius 3 is 2.68 bits per heavy atom. The van der Waals surface area contributed by atoms with Crippen LogP contribution in [0.5, 0.6) is 11.5 Å². The van der Waals surface area contributed by atoms with Crippen molar-refractivity contribution in [2.75, 3.05) is 13.7 Å². The van der Waals surface area contributed by atoms with Crippen LogP contribution >= 0.6 is 0 Å². The van der Waals surface area contributed by atoms with Gasteiger partial charge in [0, 0.05) is 5.56 Å².